The molecule has 6 rings (SSSR count). The van der Waals surface area contributed by atoms with E-state index in [2.05, 4.69) is 10.2 Å². The molecule has 1 atom stereocenters. The first kappa shape index (κ1) is 30.1. The van der Waals surface area contributed by atoms with Gasteiger partial charge < -0.3 is 15.8 Å². The van der Waals surface area contributed by atoms with Crippen molar-refractivity contribution in [3.8, 4) is 17.2 Å². The van der Waals surface area contributed by atoms with Gasteiger partial charge in [-0.05, 0) is 48.9 Å². The molecule has 16 heteroatoms. The average molecular weight is 640 g/mol. The fraction of sp³-hybridized carbons (Fsp3) is 0.241. The SMILES string of the molecule is NC(=O)c1c2c(nn1-c1ccc(Oc3ccc(F)cc3F)cc1)[C@H](N1CCN(S(=O)(=O)c3ccccc3[N+](=O)[O-])CC1)CCN2. The predicted octanol–water partition coefficient (Wildman–Crippen LogP) is 3.81. The number of hydrogen-bond donors (Lipinski definition) is 2. The van der Waals surface area contributed by atoms with Crippen molar-refractivity contribution in [1.29, 1.82) is 0 Å². The first-order chi connectivity index (χ1) is 21.5. The number of primary amides is 1. The highest BCUT2D eigenvalue weighted by atomic mass is 32.2. The van der Waals surface area contributed by atoms with Gasteiger partial charge >= 0.3 is 0 Å². The lowest BCUT2D eigenvalue weighted by Gasteiger charge is -2.39. The zero-order chi connectivity index (χ0) is 31.9. The maximum Gasteiger partial charge on any atom is 0.289 e. The predicted molar refractivity (Wildman–Crippen MR) is 158 cm³/mol. The van der Waals surface area contributed by atoms with Crippen molar-refractivity contribution in [2.75, 3.05) is 38.0 Å². The maximum atomic E-state index is 14.0. The van der Waals surface area contributed by atoms with Crippen LogP contribution in [0.15, 0.2) is 71.6 Å². The van der Waals surface area contributed by atoms with Gasteiger partial charge in [0.05, 0.1) is 22.3 Å². The summed E-state index contributed by atoms with van der Waals surface area (Å²) in [5.74, 6) is -2.18. The summed E-state index contributed by atoms with van der Waals surface area (Å²) in [7, 11) is -4.11. The van der Waals surface area contributed by atoms with Gasteiger partial charge in [0.25, 0.3) is 11.6 Å². The highest BCUT2D eigenvalue weighted by Gasteiger charge is 2.38. The molecule has 2 aliphatic heterocycles. The Balaban J connectivity index is 1.23. The largest absolute Gasteiger partial charge is 0.454 e. The molecule has 3 aromatic carbocycles. The number of anilines is 1. The van der Waals surface area contributed by atoms with Crippen LogP contribution in [0.1, 0.15) is 28.6 Å². The number of nitrogens with two attached hydrogens (primary N) is 1. The second kappa shape index (κ2) is 11.9. The van der Waals surface area contributed by atoms with Crippen molar-refractivity contribution >= 4 is 27.3 Å². The Hall–Kier alpha value is -4.93. The Bertz CT molecular complexity index is 1890. The summed E-state index contributed by atoms with van der Waals surface area (Å²) in [5.41, 5.74) is 6.96. The molecule has 0 bridgehead atoms. The fourth-order valence-corrected chi connectivity index (χ4v) is 7.22. The number of sulfonamides is 1. The molecule has 0 saturated carbocycles. The van der Waals surface area contributed by atoms with Crippen LogP contribution in [0.5, 0.6) is 11.5 Å². The van der Waals surface area contributed by atoms with E-state index in [1.54, 1.807) is 24.3 Å². The zero-order valence-corrected chi connectivity index (χ0v) is 24.4. The molecule has 1 saturated heterocycles. The average Bonchev–Trinajstić information content (AvgIpc) is 3.43. The number of fused-ring (bicyclic) bond motifs is 1. The number of para-hydroxylation sites is 1. The molecule has 1 amide bonds. The minimum absolute atomic E-state index is 0.104. The Labute approximate surface area is 256 Å². The summed E-state index contributed by atoms with van der Waals surface area (Å²) >= 11 is 0. The van der Waals surface area contributed by atoms with Crippen molar-refractivity contribution in [3.63, 3.8) is 0 Å². The quantitative estimate of drug-likeness (QED) is 0.215. The minimum atomic E-state index is -4.11. The van der Waals surface area contributed by atoms with E-state index in [1.807, 2.05) is 0 Å². The van der Waals surface area contributed by atoms with Gasteiger partial charge in [0.1, 0.15) is 17.3 Å². The number of hydrogen-bond acceptors (Lipinski definition) is 9. The monoisotopic (exact) mass is 639 g/mol. The number of carbonyl (C=O) groups is 1. The first-order valence-corrected chi connectivity index (χ1v) is 15.4. The summed E-state index contributed by atoms with van der Waals surface area (Å²) in [6.07, 6.45) is 0.620. The van der Waals surface area contributed by atoms with Crippen molar-refractivity contribution in [1.82, 2.24) is 19.0 Å². The molecule has 45 heavy (non-hydrogen) atoms. The molecule has 1 aromatic heterocycles. The van der Waals surface area contributed by atoms with Crippen LogP contribution < -0.4 is 15.8 Å². The summed E-state index contributed by atoms with van der Waals surface area (Å²) in [6.45, 7) is 1.37. The van der Waals surface area contributed by atoms with Gasteiger partial charge in [0.2, 0.25) is 10.0 Å². The van der Waals surface area contributed by atoms with E-state index in [1.165, 1.54) is 33.3 Å². The van der Waals surface area contributed by atoms with E-state index in [4.69, 9.17) is 15.6 Å². The third-order valence-electron chi connectivity index (χ3n) is 7.78. The molecule has 3 heterocycles. The molecule has 4 aromatic rings. The Morgan fingerprint density at radius 2 is 1.76 bits per heavy atom. The van der Waals surface area contributed by atoms with E-state index in [0.717, 1.165) is 12.1 Å². The van der Waals surface area contributed by atoms with Gasteiger partial charge in [0, 0.05) is 44.9 Å². The van der Waals surface area contributed by atoms with E-state index < -0.39 is 38.2 Å². The van der Waals surface area contributed by atoms with Gasteiger partial charge in [-0.15, -0.1) is 0 Å². The van der Waals surface area contributed by atoms with Crippen LogP contribution in [0.4, 0.5) is 20.2 Å². The molecule has 3 N–H and O–H groups in total. The topological polar surface area (TPSA) is 166 Å². The number of rotatable bonds is 8. The molecule has 1 fully saturated rings. The number of carbonyl (C=O) groups excluding carboxylic acids is 1. The number of nitro benzene ring substituents is 1. The molecule has 13 nitrogen and oxygen atoms in total. The molecule has 0 radical (unpaired) electrons. The van der Waals surface area contributed by atoms with Gasteiger partial charge in [-0.3, -0.25) is 19.8 Å². The lowest BCUT2D eigenvalue weighted by atomic mass is 10.0. The second-order valence-corrected chi connectivity index (χ2v) is 12.4. The Morgan fingerprint density at radius 3 is 2.42 bits per heavy atom. The number of nitrogens with zero attached hydrogens (tertiary/aromatic N) is 5. The molecular weight excluding hydrogens is 612 g/mol. The van der Waals surface area contributed by atoms with E-state index in [-0.39, 0.29) is 41.2 Å². The van der Waals surface area contributed by atoms with Crippen molar-refractivity contribution in [2.24, 2.45) is 5.73 Å². The summed E-state index contributed by atoms with van der Waals surface area (Å²) in [5, 5.41) is 19.4. The van der Waals surface area contributed by atoms with Gasteiger partial charge in [-0.2, -0.15) is 9.40 Å². The number of aromatic nitrogens is 2. The Kier molecular flexibility index (Phi) is 7.94. The van der Waals surface area contributed by atoms with Crippen LogP contribution >= 0.6 is 0 Å². The Morgan fingerprint density at radius 1 is 1.04 bits per heavy atom. The molecule has 2 aliphatic rings. The number of nitrogens with one attached hydrogen (secondary N) is 1. The van der Waals surface area contributed by atoms with E-state index in [9.17, 15) is 32.1 Å². The van der Waals surface area contributed by atoms with Crippen molar-refractivity contribution < 1.29 is 31.7 Å². The molecule has 0 aliphatic carbocycles. The molecule has 234 valence electrons. The van der Waals surface area contributed by atoms with Crippen molar-refractivity contribution in [2.45, 2.75) is 17.4 Å². The maximum absolute atomic E-state index is 14.0. The normalized spacial score (nSPS) is 17.3. The number of amides is 1. The number of ether oxygens (including phenoxy) is 1. The van der Waals surface area contributed by atoms with E-state index >= 15 is 0 Å². The first-order valence-electron chi connectivity index (χ1n) is 13.9. The van der Waals surface area contributed by atoms with Crippen LogP contribution in [0.3, 0.4) is 0 Å². The summed E-state index contributed by atoms with van der Waals surface area (Å²) in [4.78, 5) is 25.1. The highest BCUT2D eigenvalue weighted by molar-refractivity contribution is 7.89. The molecule has 0 spiro atoms. The van der Waals surface area contributed by atoms with E-state index in [0.29, 0.717) is 49.2 Å². The molecular formula is C29H27F2N7O6S. The van der Waals surface area contributed by atoms with Crippen LogP contribution in [0.2, 0.25) is 0 Å². The van der Waals surface area contributed by atoms with Gasteiger partial charge in [-0.25, -0.2) is 21.9 Å². The van der Waals surface area contributed by atoms with Crippen molar-refractivity contribution in [3.05, 3.63) is 99.9 Å². The fourth-order valence-electron chi connectivity index (χ4n) is 5.64. The third kappa shape index (κ3) is 5.70. The molecule has 0 unspecified atom stereocenters. The summed E-state index contributed by atoms with van der Waals surface area (Å²) < 4.78 is 62.1. The third-order valence-corrected chi connectivity index (χ3v) is 9.72. The van der Waals surface area contributed by atoms with Gasteiger partial charge in [-0.1, -0.05) is 12.1 Å². The lowest BCUT2D eigenvalue weighted by molar-refractivity contribution is -0.387. The van der Waals surface area contributed by atoms with Crippen LogP contribution in [-0.2, 0) is 10.0 Å². The second-order valence-electron chi connectivity index (χ2n) is 10.5. The number of halogens is 2. The number of piperazine rings is 1. The zero-order valence-electron chi connectivity index (χ0n) is 23.6. The number of nitro groups is 1. The summed E-state index contributed by atoms with van der Waals surface area (Å²) in [6, 6.07) is 14.3. The number of benzene rings is 3. The highest BCUT2D eigenvalue weighted by Crippen LogP contribution is 2.38. The minimum Gasteiger partial charge on any atom is -0.454 e. The smallest absolute Gasteiger partial charge is 0.289 e. The van der Waals surface area contributed by atoms with Crippen LogP contribution in [0.25, 0.3) is 5.69 Å². The van der Waals surface area contributed by atoms with Crippen LogP contribution in [0, 0.1) is 21.7 Å². The van der Waals surface area contributed by atoms with Crippen LogP contribution in [-0.4, -0.2) is 71.0 Å². The standard InChI is InChI=1S/C29H27F2N7O6S/c30-18-5-10-24(21(31)17-18)44-20-8-6-19(7-9-20)37-28(29(32)39)27-26(34-37)23(11-12-33-27)35-13-15-36(16-14-35)45(42,43)25-4-2-1-3-22(25)38(40)41/h1-10,17,23,33H,11-16H2,(H2,32,39)/t23-/m1/s1. The lowest BCUT2D eigenvalue weighted by Crippen LogP contribution is -2.50. The van der Waals surface area contributed by atoms with Gasteiger partial charge in [0.15, 0.2) is 22.2 Å².